The molecule has 1 aromatic heterocycles. The van der Waals surface area contributed by atoms with Crippen molar-refractivity contribution in [2.75, 3.05) is 0 Å². The van der Waals surface area contributed by atoms with Crippen molar-refractivity contribution in [3.05, 3.63) is 63.8 Å². The van der Waals surface area contributed by atoms with E-state index in [9.17, 15) is 13.2 Å². The minimum Gasteiger partial charge on any atom is -0.360 e. The van der Waals surface area contributed by atoms with Crippen LogP contribution in [0.5, 0.6) is 0 Å². The van der Waals surface area contributed by atoms with E-state index in [0.29, 0.717) is 16.7 Å². The van der Waals surface area contributed by atoms with Crippen LogP contribution in [0, 0.1) is 34.6 Å². The first kappa shape index (κ1) is 19.1. The molecule has 3 rings (SSSR count). The van der Waals surface area contributed by atoms with Gasteiger partial charge >= 0.3 is 0 Å². The largest absolute Gasteiger partial charge is 0.360 e. The predicted molar refractivity (Wildman–Crippen MR) is 106 cm³/mol. The maximum atomic E-state index is 12.9. The number of benzene rings is 2. The number of hydrogen-bond donors (Lipinski definition) is 3. The number of carbonyl (C=O) groups is 1. The normalized spacial score (nSPS) is 11.7. The van der Waals surface area contributed by atoms with Gasteiger partial charge < -0.3 is 4.98 Å². The molecule has 0 aliphatic rings. The highest BCUT2D eigenvalue weighted by atomic mass is 32.2. The summed E-state index contributed by atoms with van der Waals surface area (Å²) in [6.45, 7) is 9.35. The van der Waals surface area contributed by atoms with Crippen LogP contribution in [0.2, 0.25) is 0 Å². The third-order valence-corrected chi connectivity index (χ3v) is 6.85. The lowest BCUT2D eigenvalue weighted by Crippen LogP contribution is -2.42. The molecule has 7 heteroatoms. The van der Waals surface area contributed by atoms with Crippen LogP contribution in [0.3, 0.4) is 0 Å². The first-order chi connectivity index (χ1) is 12.6. The first-order valence-corrected chi connectivity index (χ1v) is 10.1. The molecule has 0 saturated carbocycles. The van der Waals surface area contributed by atoms with Crippen molar-refractivity contribution in [1.29, 1.82) is 0 Å². The Bertz CT molecular complexity index is 1130. The summed E-state index contributed by atoms with van der Waals surface area (Å²) in [5.41, 5.74) is 7.82. The maximum absolute atomic E-state index is 12.9. The standard InChI is InChI=1S/C20H23N3O3S/c1-11-12(2)14(4)19(15(5)13(11)3)27(25,26)23-22-20(24)17-10-21-18-9-7-6-8-16(17)18/h6-10,21,23H,1-5H3,(H,22,24). The number of nitrogens with one attached hydrogen (secondary N) is 3. The number of carbonyl (C=O) groups excluding carboxylic acids is 1. The van der Waals surface area contributed by atoms with Gasteiger partial charge in [0.2, 0.25) is 0 Å². The molecule has 2 aromatic carbocycles. The smallest absolute Gasteiger partial charge is 0.268 e. The molecule has 0 saturated heterocycles. The number of amides is 1. The summed E-state index contributed by atoms with van der Waals surface area (Å²) >= 11 is 0. The summed E-state index contributed by atoms with van der Waals surface area (Å²) in [6, 6.07) is 7.33. The van der Waals surface area contributed by atoms with Crippen LogP contribution >= 0.6 is 0 Å². The van der Waals surface area contributed by atoms with Crippen LogP contribution in [0.4, 0.5) is 0 Å². The number of fused-ring (bicyclic) bond motifs is 1. The molecular formula is C20H23N3O3S. The average molecular weight is 385 g/mol. The molecule has 1 amide bonds. The number of para-hydroxylation sites is 1. The highest BCUT2D eigenvalue weighted by Crippen LogP contribution is 2.29. The van der Waals surface area contributed by atoms with Gasteiger partial charge in [0.05, 0.1) is 10.5 Å². The van der Waals surface area contributed by atoms with Gasteiger partial charge in [0, 0.05) is 17.1 Å². The Morgan fingerprint density at radius 3 is 2.07 bits per heavy atom. The maximum Gasteiger partial charge on any atom is 0.268 e. The van der Waals surface area contributed by atoms with Crippen molar-refractivity contribution < 1.29 is 13.2 Å². The van der Waals surface area contributed by atoms with Crippen LogP contribution in [0.25, 0.3) is 10.9 Å². The van der Waals surface area contributed by atoms with Gasteiger partial charge in [-0.25, -0.2) is 8.42 Å². The van der Waals surface area contributed by atoms with Crippen LogP contribution < -0.4 is 10.3 Å². The fraction of sp³-hybridized carbons (Fsp3) is 0.250. The van der Waals surface area contributed by atoms with Gasteiger partial charge in [0.25, 0.3) is 15.9 Å². The van der Waals surface area contributed by atoms with Gasteiger partial charge in [-0.15, -0.1) is 4.83 Å². The topological polar surface area (TPSA) is 91.1 Å². The van der Waals surface area contributed by atoms with E-state index in [1.165, 1.54) is 0 Å². The molecular weight excluding hydrogens is 362 g/mol. The minimum atomic E-state index is -3.91. The molecule has 142 valence electrons. The summed E-state index contributed by atoms with van der Waals surface area (Å²) in [4.78, 5) is 17.9. The molecule has 1 heterocycles. The first-order valence-electron chi connectivity index (χ1n) is 8.60. The number of rotatable bonds is 4. The lowest BCUT2D eigenvalue weighted by molar-refractivity contribution is 0.0947. The van der Waals surface area contributed by atoms with Crippen LogP contribution in [-0.4, -0.2) is 19.3 Å². The Balaban J connectivity index is 1.91. The van der Waals surface area contributed by atoms with Gasteiger partial charge in [-0.05, 0) is 68.5 Å². The van der Waals surface area contributed by atoms with E-state index in [1.54, 1.807) is 26.1 Å². The van der Waals surface area contributed by atoms with E-state index in [-0.39, 0.29) is 4.90 Å². The number of hydrogen-bond acceptors (Lipinski definition) is 3. The van der Waals surface area contributed by atoms with Gasteiger partial charge in [-0.3, -0.25) is 10.2 Å². The van der Waals surface area contributed by atoms with E-state index < -0.39 is 15.9 Å². The lowest BCUT2D eigenvalue weighted by Gasteiger charge is -2.19. The molecule has 0 bridgehead atoms. The van der Waals surface area contributed by atoms with Crippen LogP contribution in [0.1, 0.15) is 38.2 Å². The van der Waals surface area contributed by atoms with E-state index in [1.807, 2.05) is 39.0 Å². The predicted octanol–water partition coefficient (Wildman–Crippen LogP) is 3.33. The number of aromatic amines is 1. The number of sulfonamides is 1. The number of aromatic nitrogens is 1. The Labute approximate surface area is 159 Å². The zero-order valence-corrected chi connectivity index (χ0v) is 16.8. The number of hydrazine groups is 1. The molecule has 6 nitrogen and oxygen atoms in total. The third kappa shape index (κ3) is 3.24. The molecule has 3 N–H and O–H groups in total. The quantitative estimate of drug-likeness (QED) is 0.602. The van der Waals surface area contributed by atoms with Crippen molar-refractivity contribution in [2.45, 2.75) is 39.5 Å². The molecule has 0 spiro atoms. The third-order valence-electron chi connectivity index (χ3n) is 5.33. The van der Waals surface area contributed by atoms with Gasteiger partial charge in [0.1, 0.15) is 0 Å². The summed E-state index contributed by atoms with van der Waals surface area (Å²) in [6.07, 6.45) is 1.56. The Morgan fingerprint density at radius 1 is 0.889 bits per heavy atom. The minimum absolute atomic E-state index is 0.210. The monoisotopic (exact) mass is 385 g/mol. The van der Waals surface area contributed by atoms with Gasteiger partial charge in [0.15, 0.2) is 0 Å². The van der Waals surface area contributed by atoms with Crippen LogP contribution in [-0.2, 0) is 10.0 Å². The summed E-state index contributed by atoms with van der Waals surface area (Å²) in [7, 11) is -3.91. The summed E-state index contributed by atoms with van der Waals surface area (Å²) in [5, 5.41) is 0.726. The zero-order chi connectivity index (χ0) is 19.9. The van der Waals surface area contributed by atoms with E-state index >= 15 is 0 Å². The molecule has 27 heavy (non-hydrogen) atoms. The van der Waals surface area contributed by atoms with Crippen LogP contribution in [0.15, 0.2) is 35.4 Å². The van der Waals surface area contributed by atoms with E-state index in [2.05, 4.69) is 15.2 Å². The molecule has 0 unspecified atom stereocenters. The van der Waals surface area contributed by atoms with E-state index in [0.717, 1.165) is 27.6 Å². The van der Waals surface area contributed by atoms with E-state index in [4.69, 9.17) is 0 Å². The second-order valence-electron chi connectivity index (χ2n) is 6.76. The molecule has 0 atom stereocenters. The van der Waals surface area contributed by atoms with Gasteiger partial charge in [-0.2, -0.15) is 0 Å². The Kier molecular flexibility index (Phi) is 4.84. The van der Waals surface area contributed by atoms with Gasteiger partial charge in [-0.1, -0.05) is 18.2 Å². The number of H-pyrrole nitrogens is 1. The second-order valence-corrected chi connectivity index (χ2v) is 8.38. The summed E-state index contributed by atoms with van der Waals surface area (Å²) < 4.78 is 25.8. The Morgan fingerprint density at radius 2 is 1.44 bits per heavy atom. The molecule has 0 radical (unpaired) electrons. The highest BCUT2D eigenvalue weighted by molar-refractivity contribution is 7.89. The van der Waals surface area contributed by atoms with Crippen molar-refractivity contribution in [3.8, 4) is 0 Å². The zero-order valence-electron chi connectivity index (χ0n) is 16.0. The molecule has 0 aliphatic carbocycles. The van der Waals surface area contributed by atoms with Crippen molar-refractivity contribution in [3.63, 3.8) is 0 Å². The molecule has 0 aliphatic heterocycles. The molecule has 3 aromatic rings. The SMILES string of the molecule is Cc1c(C)c(C)c(S(=O)(=O)NNC(=O)c2c[nH]c3ccccc23)c(C)c1C. The van der Waals surface area contributed by atoms with Crippen molar-refractivity contribution in [1.82, 2.24) is 15.2 Å². The summed E-state index contributed by atoms with van der Waals surface area (Å²) in [5.74, 6) is -0.521. The fourth-order valence-corrected chi connectivity index (χ4v) is 4.80. The average Bonchev–Trinajstić information content (AvgIpc) is 3.07. The fourth-order valence-electron chi connectivity index (χ4n) is 3.36. The Hall–Kier alpha value is -2.64. The van der Waals surface area contributed by atoms with Crippen molar-refractivity contribution in [2.24, 2.45) is 0 Å². The molecule has 0 fully saturated rings. The lowest BCUT2D eigenvalue weighted by atomic mass is 9.95. The highest BCUT2D eigenvalue weighted by Gasteiger charge is 2.24. The van der Waals surface area contributed by atoms with Crippen molar-refractivity contribution >= 4 is 26.8 Å². The second kappa shape index (κ2) is 6.83.